The minimum atomic E-state index is -1.02. The number of nitrogens with zero attached hydrogens (tertiary/aromatic N) is 2. The van der Waals surface area contributed by atoms with E-state index in [9.17, 15) is 4.79 Å². The summed E-state index contributed by atoms with van der Waals surface area (Å²) in [5.74, 6) is -0.339. The predicted molar refractivity (Wildman–Crippen MR) is 88.5 cm³/mol. The van der Waals surface area contributed by atoms with E-state index in [1.54, 1.807) is 6.07 Å². The quantitative estimate of drug-likeness (QED) is 0.625. The summed E-state index contributed by atoms with van der Waals surface area (Å²) in [7, 11) is 0. The third-order valence-electron chi connectivity index (χ3n) is 2.01. The first kappa shape index (κ1) is 15.4. The fourth-order valence-corrected chi connectivity index (χ4v) is 2.54. The molecule has 9 heteroatoms. The molecule has 4 nitrogen and oxygen atoms in total. The van der Waals surface area contributed by atoms with Crippen LogP contribution >= 0.6 is 70.7 Å². The van der Waals surface area contributed by atoms with Crippen molar-refractivity contribution in [3.05, 3.63) is 29.3 Å². The minimum Gasteiger partial charge on any atom is -0.298 e. The Bertz CT molecular complexity index is 614. The van der Waals surface area contributed by atoms with Gasteiger partial charge in [-0.2, -0.15) is 0 Å². The zero-order valence-electron chi connectivity index (χ0n) is 9.03. The number of rotatable bonds is 2. The average Bonchev–Trinajstić information content (AvgIpc) is 2.76. The lowest BCUT2D eigenvalue weighted by Gasteiger charge is -2.09. The van der Waals surface area contributed by atoms with Gasteiger partial charge in [-0.25, -0.2) is 0 Å². The van der Waals surface area contributed by atoms with Gasteiger partial charge in [-0.15, -0.1) is 10.2 Å². The fraction of sp³-hybridized carbons (Fsp3) is 0.100. The van der Waals surface area contributed by atoms with Crippen LogP contribution in [0.1, 0.15) is 0 Å². The lowest BCUT2D eigenvalue weighted by molar-refractivity contribution is -0.114. The van der Waals surface area contributed by atoms with Crippen LogP contribution in [0.5, 0.6) is 0 Å². The maximum atomic E-state index is 11.7. The molecule has 1 N–H and O–H groups in total. The van der Waals surface area contributed by atoms with Gasteiger partial charge in [0.1, 0.15) is 0 Å². The maximum Gasteiger partial charge on any atom is 0.264 e. The second-order valence-electron chi connectivity index (χ2n) is 3.34. The third kappa shape index (κ3) is 3.98. The first-order chi connectivity index (χ1) is 8.88. The molecule has 2 rings (SSSR count). The molecular weight excluding hydrogens is 485 g/mol. The van der Waals surface area contributed by atoms with Crippen LogP contribution in [-0.2, 0) is 4.79 Å². The van der Waals surface area contributed by atoms with E-state index in [1.807, 2.05) is 18.2 Å². The molecule has 19 heavy (non-hydrogen) atoms. The summed E-state index contributed by atoms with van der Waals surface area (Å²) < 4.78 is -1.02. The van der Waals surface area contributed by atoms with Crippen LogP contribution in [0.25, 0.3) is 10.6 Å². The number of hydrogen-bond donors (Lipinski definition) is 1. The summed E-state index contributed by atoms with van der Waals surface area (Å²) in [4.78, 5) is 11.7. The molecule has 0 aliphatic carbocycles. The van der Waals surface area contributed by atoms with Gasteiger partial charge in [0.2, 0.25) is 7.27 Å². The number of carbonyl (C=O) groups is 1. The summed E-state index contributed by atoms with van der Waals surface area (Å²) >= 11 is 16.7. The molecule has 0 atom stereocenters. The average molecular weight is 490 g/mol. The molecule has 0 aliphatic rings. The molecule has 2 aromatic rings. The Hall–Kier alpha value is -0.0200. The van der Waals surface area contributed by atoms with Gasteiger partial charge in [0, 0.05) is 5.56 Å². The Labute approximate surface area is 143 Å². The van der Waals surface area contributed by atoms with Gasteiger partial charge >= 0.3 is 0 Å². The van der Waals surface area contributed by atoms with Crippen molar-refractivity contribution >= 4 is 81.8 Å². The zero-order chi connectivity index (χ0) is 14.0. The molecule has 1 amide bonds. The Morgan fingerprint density at radius 2 is 1.95 bits per heavy atom. The van der Waals surface area contributed by atoms with Gasteiger partial charge in [-0.3, -0.25) is 10.1 Å². The Morgan fingerprint density at radius 3 is 2.58 bits per heavy atom. The second kappa shape index (κ2) is 6.17. The highest BCUT2D eigenvalue weighted by molar-refractivity contribution is 9.40. The molecule has 0 spiro atoms. The van der Waals surface area contributed by atoms with Crippen molar-refractivity contribution in [2.45, 2.75) is 2.14 Å². The Morgan fingerprint density at radius 1 is 1.26 bits per heavy atom. The molecule has 1 aromatic heterocycles. The molecule has 100 valence electrons. The van der Waals surface area contributed by atoms with Crippen LogP contribution in [0.4, 0.5) is 5.13 Å². The SMILES string of the molecule is O=C(Nc1nnc(-c2ccccc2Cl)s1)C(Br)(Br)Br. The number of amides is 1. The molecule has 0 unspecified atom stereocenters. The first-order valence-electron chi connectivity index (χ1n) is 4.84. The molecule has 0 aliphatic heterocycles. The van der Waals surface area contributed by atoms with E-state index >= 15 is 0 Å². The van der Waals surface area contributed by atoms with Gasteiger partial charge in [-0.1, -0.05) is 41.1 Å². The van der Waals surface area contributed by atoms with Gasteiger partial charge in [0.05, 0.1) is 5.02 Å². The van der Waals surface area contributed by atoms with Crippen molar-refractivity contribution in [3.63, 3.8) is 0 Å². The number of aromatic nitrogens is 2. The van der Waals surface area contributed by atoms with E-state index in [2.05, 4.69) is 63.3 Å². The van der Waals surface area contributed by atoms with Crippen LogP contribution in [0.2, 0.25) is 5.02 Å². The van der Waals surface area contributed by atoms with Crippen molar-refractivity contribution in [1.29, 1.82) is 0 Å². The van der Waals surface area contributed by atoms with Gasteiger partial charge in [0.15, 0.2) is 5.01 Å². The number of hydrogen-bond acceptors (Lipinski definition) is 4. The molecule has 1 aromatic carbocycles. The molecular formula is C10H5Br3ClN3OS. The third-order valence-corrected chi connectivity index (χ3v) is 4.29. The van der Waals surface area contributed by atoms with E-state index in [1.165, 1.54) is 11.3 Å². The van der Waals surface area contributed by atoms with E-state index in [0.717, 1.165) is 5.56 Å². The van der Waals surface area contributed by atoms with E-state index in [-0.39, 0.29) is 5.91 Å². The molecule has 0 fully saturated rings. The minimum absolute atomic E-state index is 0.339. The molecule has 0 saturated carbocycles. The smallest absolute Gasteiger partial charge is 0.264 e. The van der Waals surface area contributed by atoms with Crippen LogP contribution < -0.4 is 5.32 Å². The van der Waals surface area contributed by atoms with Crippen LogP contribution in [-0.4, -0.2) is 18.2 Å². The standard InChI is InChI=1S/C10H5Br3ClN3OS/c11-10(12,13)8(18)15-9-17-16-7(19-9)5-3-1-2-4-6(5)14/h1-4H,(H,15,17,18). The van der Waals surface area contributed by atoms with Gasteiger partial charge in [-0.05, 0) is 53.9 Å². The van der Waals surface area contributed by atoms with E-state index < -0.39 is 2.14 Å². The monoisotopic (exact) mass is 487 g/mol. The largest absolute Gasteiger partial charge is 0.298 e. The highest BCUT2D eigenvalue weighted by Crippen LogP contribution is 2.36. The summed E-state index contributed by atoms with van der Waals surface area (Å²) in [6.45, 7) is 0. The van der Waals surface area contributed by atoms with Gasteiger partial charge in [0.25, 0.3) is 5.91 Å². The summed E-state index contributed by atoms with van der Waals surface area (Å²) in [6, 6.07) is 7.32. The van der Waals surface area contributed by atoms with Crippen molar-refractivity contribution < 1.29 is 4.79 Å². The Balaban J connectivity index is 2.21. The van der Waals surface area contributed by atoms with Crippen molar-refractivity contribution in [2.75, 3.05) is 5.32 Å². The topological polar surface area (TPSA) is 54.9 Å². The number of carbonyl (C=O) groups excluding carboxylic acids is 1. The number of benzene rings is 1. The normalized spacial score (nSPS) is 11.4. The van der Waals surface area contributed by atoms with Crippen molar-refractivity contribution in [1.82, 2.24) is 10.2 Å². The molecule has 0 saturated heterocycles. The van der Waals surface area contributed by atoms with Crippen LogP contribution in [0, 0.1) is 0 Å². The van der Waals surface area contributed by atoms with Crippen LogP contribution in [0.3, 0.4) is 0 Å². The number of nitrogens with one attached hydrogen (secondary N) is 1. The number of anilines is 1. The molecule has 0 bridgehead atoms. The predicted octanol–water partition coefficient (Wildman–Crippen LogP) is 4.64. The second-order valence-corrected chi connectivity index (χ2v) is 11.5. The van der Waals surface area contributed by atoms with E-state index in [0.29, 0.717) is 15.2 Å². The number of alkyl halides is 3. The Kier molecular flexibility index (Phi) is 4.99. The van der Waals surface area contributed by atoms with Crippen molar-refractivity contribution in [2.24, 2.45) is 0 Å². The fourth-order valence-electron chi connectivity index (χ4n) is 1.19. The zero-order valence-corrected chi connectivity index (χ0v) is 15.4. The summed E-state index contributed by atoms with van der Waals surface area (Å²) in [5.41, 5.74) is 0.782. The first-order valence-corrected chi connectivity index (χ1v) is 8.42. The van der Waals surface area contributed by atoms with Gasteiger partial charge < -0.3 is 0 Å². The molecule has 0 radical (unpaired) electrons. The van der Waals surface area contributed by atoms with Crippen molar-refractivity contribution in [3.8, 4) is 10.6 Å². The highest BCUT2D eigenvalue weighted by Gasteiger charge is 2.29. The summed E-state index contributed by atoms with van der Waals surface area (Å²) in [6.07, 6.45) is 0. The maximum absolute atomic E-state index is 11.7. The molecule has 1 heterocycles. The van der Waals surface area contributed by atoms with E-state index in [4.69, 9.17) is 11.6 Å². The lowest BCUT2D eigenvalue weighted by Crippen LogP contribution is -2.25. The highest BCUT2D eigenvalue weighted by atomic mass is 80.0. The number of halogens is 4. The van der Waals surface area contributed by atoms with Crippen LogP contribution in [0.15, 0.2) is 24.3 Å². The lowest BCUT2D eigenvalue weighted by atomic mass is 10.2. The summed E-state index contributed by atoms with van der Waals surface area (Å²) in [5, 5.41) is 12.1.